The topological polar surface area (TPSA) is 80.5 Å². The molecule has 0 radical (unpaired) electrons. The first kappa shape index (κ1) is 16.2. The number of hydrogen-bond donors (Lipinski definition) is 1. The lowest BCUT2D eigenvalue weighted by Gasteiger charge is -2.26. The number of sulfonamides is 1. The zero-order valence-corrected chi connectivity index (χ0v) is 13.5. The van der Waals surface area contributed by atoms with Crippen LogP contribution in [-0.2, 0) is 20.8 Å². The predicted molar refractivity (Wildman–Crippen MR) is 83.7 cm³/mol. The van der Waals surface area contributed by atoms with Crippen LogP contribution in [0.5, 0.6) is 0 Å². The first-order valence-corrected chi connectivity index (χ1v) is 9.52. The van der Waals surface area contributed by atoms with Gasteiger partial charge >= 0.3 is 0 Å². The highest BCUT2D eigenvalue weighted by molar-refractivity contribution is 7.89. The van der Waals surface area contributed by atoms with E-state index in [0.29, 0.717) is 17.1 Å². The fraction of sp³-hybridized carbons (Fsp3) is 0.429. The molecule has 0 bridgehead atoms. The van der Waals surface area contributed by atoms with E-state index in [1.807, 2.05) is 6.92 Å². The van der Waals surface area contributed by atoms with E-state index in [9.17, 15) is 12.6 Å². The molecule has 1 aromatic carbocycles. The van der Waals surface area contributed by atoms with Crippen molar-refractivity contribution in [2.75, 3.05) is 31.1 Å². The Morgan fingerprint density at radius 1 is 1.33 bits per heavy atom. The van der Waals surface area contributed by atoms with Gasteiger partial charge in [0.2, 0.25) is 10.0 Å². The van der Waals surface area contributed by atoms with Crippen LogP contribution < -0.4 is 5.73 Å². The average molecular weight is 326 g/mol. The van der Waals surface area contributed by atoms with Crippen molar-refractivity contribution in [2.45, 2.75) is 11.8 Å². The molecule has 0 spiro atoms. The molecule has 1 heterocycles. The van der Waals surface area contributed by atoms with Gasteiger partial charge in [-0.1, -0.05) is 17.9 Å². The van der Waals surface area contributed by atoms with Crippen LogP contribution in [0.1, 0.15) is 11.1 Å². The third-order valence-electron chi connectivity index (χ3n) is 3.21. The van der Waals surface area contributed by atoms with Crippen LogP contribution in [0, 0.1) is 18.8 Å². The Morgan fingerprint density at radius 3 is 2.62 bits per heavy atom. The Bertz CT molecular complexity index is 707. The van der Waals surface area contributed by atoms with Gasteiger partial charge in [-0.3, -0.25) is 4.21 Å². The molecule has 2 N–H and O–H groups in total. The first-order chi connectivity index (χ1) is 9.95. The van der Waals surface area contributed by atoms with Gasteiger partial charge in [-0.25, -0.2) is 8.42 Å². The second-order valence-electron chi connectivity index (χ2n) is 4.76. The average Bonchev–Trinajstić information content (AvgIpc) is 2.45. The Kier molecular flexibility index (Phi) is 5.17. The maximum atomic E-state index is 12.7. The lowest BCUT2D eigenvalue weighted by atomic mass is 10.1. The molecule has 0 unspecified atom stereocenters. The number of nitrogens with two attached hydrogens (primary N) is 1. The zero-order valence-electron chi connectivity index (χ0n) is 11.8. The van der Waals surface area contributed by atoms with Gasteiger partial charge in [-0.05, 0) is 24.6 Å². The SMILES string of the molecule is Cc1ccc(S(=O)(=O)N2CCS(=O)CC2)c(C#CCN)c1. The summed E-state index contributed by atoms with van der Waals surface area (Å²) in [4.78, 5) is 0.196. The molecule has 0 aliphatic carbocycles. The van der Waals surface area contributed by atoms with Crippen molar-refractivity contribution in [3.63, 3.8) is 0 Å². The number of hydrogen-bond acceptors (Lipinski definition) is 4. The van der Waals surface area contributed by atoms with E-state index in [0.717, 1.165) is 5.56 Å². The summed E-state index contributed by atoms with van der Waals surface area (Å²) < 4.78 is 38.2. The molecule has 2 rings (SSSR count). The van der Waals surface area contributed by atoms with Crippen molar-refractivity contribution in [3.8, 4) is 11.8 Å². The Hall–Kier alpha value is -1.20. The highest BCUT2D eigenvalue weighted by atomic mass is 32.2. The van der Waals surface area contributed by atoms with Gasteiger partial charge in [0, 0.05) is 41.0 Å². The molecule has 1 aromatic rings. The van der Waals surface area contributed by atoms with E-state index in [1.54, 1.807) is 18.2 Å². The zero-order chi connectivity index (χ0) is 15.5. The standard InChI is InChI=1S/C14H18N2O3S2/c1-12-4-5-14(13(11-12)3-2-6-15)21(18,19)16-7-9-20(17)10-8-16/h4-5,11H,6-10,15H2,1H3. The van der Waals surface area contributed by atoms with Crippen LogP contribution in [-0.4, -0.2) is 48.1 Å². The van der Waals surface area contributed by atoms with Gasteiger partial charge in [0.15, 0.2) is 0 Å². The highest BCUT2D eigenvalue weighted by Crippen LogP contribution is 2.22. The van der Waals surface area contributed by atoms with E-state index in [2.05, 4.69) is 11.8 Å². The van der Waals surface area contributed by atoms with Gasteiger partial charge in [0.05, 0.1) is 11.4 Å². The van der Waals surface area contributed by atoms with Gasteiger partial charge in [0.25, 0.3) is 0 Å². The summed E-state index contributed by atoms with van der Waals surface area (Å²) in [5, 5.41) is 0. The molecule has 1 aliphatic rings. The van der Waals surface area contributed by atoms with Gasteiger partial charge < -0.3 is 5.73 Å². The normalized spacial score (nSPS) is 17.2. The van der Waals surface area contributed by atoms with E-state index >= 15 is 0 Å². The van der Waals surface area contributed by atoms with E-state index in [-0.39, 0.29) is 24.5 Å². The van der Waals surface area contributed by atoms with Gasteiger partial charge in [-0.2, -0.15) is 4.31 Å². The summed E-state index contributed by atoms with van der Waals surface area (Å²) in [5.41, 5.74) is 6.77. The van der Waals surface area contributed by atoms with Crippen molar-refractivity contribution in [2.24, 2.45) is 5.73 Å². The van der Waals surface area contributed by atoms with Gasteiger partial charge in [0.1, 0.15) is 0 Å². The summed E-state index contributed by atoms with van der Waals surface area (Å²) in [6, 6.07) is 5.08. The van der Waals surface area contributed by atoms with Crippen LogP contribution in [0.3, 0.4) is 0 Å². The number of aryl methyl sites for hydroxylation is 1. The summed E-state index contributed by atoms with van der Waals surface area (Å²) in [6.45, 7) is 2.63. The molecule has 5 nitrogen and oxygen atoms in total. The molecular formula is C14H18N2O3S2. The maximum absolute atomic E-state index is 12.7. The van der Waals surface area contributed by atoms with Crippen molar-refractivity contribution in [1.82, 2.24) is 4.31 Å². The van der Waals surface area contributed by atoms with Crippen molar-refractivity contribution >= 4 is 20.8 Å². The second kappa shape index (κ2) is 6.71. The lowest BCUT2D eigenvalue weighted by molar-refractivity contribution is 0.438. The Morgan fingerprint density at radius 2 is 2.00 bits per heavy atom. The minimum Gasteiger partial charge on any atom is -0.320 e. The highest BCUT2D eigenvalue weighted by Gasteiger charge is 2.29. The van der Waals surface area contributed by atoms with E-state index in [4.69, 9.17) is 5.73 Å². The van der Waals surface area contributed by atoms with Crippen LogP contribution in [0.2, 0.25) is 0 Å². The van der Waals surface area contributed by atoms with Crippen LogP contribution in [0.15, 0.2) is 23.1 Å². The summed E-state index contributed by atoms with van der Waals surface area (Å²) in [7, 11) is -4.52. The largest absolute Gasteiger partial charge is 0.320 e. The molecule has 0 aromatic heterocycles. The number of rotatable bonds is 2. The van der Waals surface area contributed by atoms with Crippen LogP contribution >= 0.6 is 0 Å². The summed E-state index contributed by atoms with van der Waals surface area (Å²) >= 11 is 0. The molecule has 0 amide bonds. The minimum absolute atomic E-state index is 0.177. The predicted octanol–water partition coefficient (Wildman–Crippen LogP) is 0.0582. The second-order valence-corrected chi connectivity index (χ2v) is 8.36. The molecule has 7 heteroatoms. The van der Waals surface area contributed by atoms with Crippen molar-refractivity contribution in [3.05, 3.63) is 29.3 Å². The van der Waals surface area contributed by atoms with Crippen molar-refractivity contribution in [1.29, 1.82) is 0 Å². The molecule has 21 heavy (non-hydrogen) atoms. The quantitative estimate of drug-likeness (QED) is 0.779. The van der Waals surface area contributed by atoms with Crippen LogP contribution in [0.4, 0.5) is 0 Å². The molecule has 114 valence electrons. The Labute approximate surface area is 128 Å². The monoisotopic (exact) mass is 326 g/mol. The van der Waals surface area contributed by atoms with Crippen LogP contribution in [0.25, 0.3) is 0 Å². The molecule has 1 fully saturated rings. The lowest BCUT2D eigenvalue weighted by Crippen LogP contribution is -2.41. The summed E-state index contributed by atoms with van der Waals surface area (Å²) in [5.74, 6) is 6.30. The molecular weight excluding hydrogens is 308 g/mol. The Balaban J connectivity index is 2.42. The molecule has 1 aliphatic heterocycles. The fourth-order valence-electron chi connectivity index (χ4n) is 2.11. The van der Waals surface area contributed by atoms with E-state index < -0.39 is 20.8 Å². The molecule has 0 atom stereocenters. The molecule has 1 saturated heterocycles. The molecule has 0 saturated carbocycles. The van der Waals surface area contributed by atoms with E-state index in [1.165, 1.54) is 4.31 Å². The third-order valence-corrected chi connectivity index (χ3v) is 6.45. The maximum Gasteiger partial charge on any atom is 0.244 e. The third kappa shape index (κ3) is 3.71. The fourth-order valence-corrected chi connectivity index (χ4v) is 4.97. The van der Waals surface area contributed by atoms with Crippen molar-refractivity contribution < 1.29 is 12.6 Å². The van der Waals surface area contributed by atoms with Gasteiger partial charge in [-0.15, -0.1) is 0 Å². The smallest absolute Gasteiger partial charge is 0.244 e. The first-order valence-electron chi connectivity index (χ1n) is 6.60. The summed E-state index contributed by atoms with van der Waals surface area (Å²) in [6.07, 6.45) is 0. The minimum atomic E-state index is -3.61. The number of nitrogens with zero attached hydrogens (tertiary/aromatic N) is 1. The number of benzene rings is 1.